The molecule has 0 aromatic carbocycles. The molecule has 0 radical (unpaired) electrons. The van der Waals surface area contributed by atoms with E-state index in [1.165, 1.54) is 0 Å². The number of aliphatic hydroxyl groups is 1. The maximum atomic E-state index is 12.3. The van der Waals surface area contributed by atoms with Crippen LogP contribution in [0.1, 0.15) is 32.6 Å². The first-order valence-corrected chi connectivity index (χ1v) is 7.69. The number of ether oxygens (including phenoxy) is 3. The minimum atomic E-state index is -0.970. The molecule has 122 valence electrons. The number of aliphatic hydroxyl groups excluding tert-OH is 1. The van der Waals surface area contributed by atoms with Gasteiger partial charge in [-0.1, -0.05) is 0 Å². The molecule has 1 saturated heterocycles. The van der Waals surface area contributed by atoms with Crippen molar-refractivity contribution >= 4 is 17.7 Å². The van der Waals surface area contributed by atoms with Crippen LogP contribution in [-0.4, -0.2) is 47.9 Å². The van der Waals surface area contributed by atoms with Gasteiger partial charge >= 0.3 is 11.9 Å². The lowest BCUT2D eigenvalue weighted by atomic mass is 9.85. The van der Waals surface area contributed by atoms with E-state index in [0.717, 1.165) is 13.3 Å². The summed E-state index contributed by atoms with van der Waals surface area (Å²) in [5.41, 5.74) is 0. The van der Waals surface area contributed by atoms with Crippen molar-refractivity contribution in [1.29, 1.82) is 0 Å². The molecule has 3 fully saturated rings. The van der Waals surface area contributed by atoms with Gasteiger partial charge in [-0.05, 0) is 25.2 Å². The first kappa shape index (κ1) is 15.4. The van der Waals surface area contributed by atoms with Gasteiger partial charge in [-0.15, -0.1) is 0 Å². The van der Waals surface area contributed by atoms with Crippen molar-refractivity contribution in [1.82, 2.24) is 0 Å². The Morgan fingerprint density at radius 1 is 1.18 bits per heavy atom. The van der Waals surface area contributed by atoms with Crippen LogP contribution in [0.15, 0.2) is 0 Å². The molecule has 3 aliphatic rings. The fourth-order valence-corrected chi connectivity index (χ4v) is 3.77. The average molecular weight is 312 g/mol. The molecular weight excluding hydrogens is 292 g/mol. The van der Waals surface area contributed by atoms with Gasteiger partial charge in [0, 0.05) is 19.3 Å². The number of fused-ring (bicyclic) bond motifs is 2. The third-order valence-corrected chi connectivity index (χ3v) is 4.86. The maximum Gasteiger partial charge on any atom is 0.374 e. The second kappa shape index (κ2) is 5.96. The molecule has 3 rings (SSSR count). The van der Waals surface area contributed by atoms with Crippen LogP contribution in [-0.2, 0) is 28.6 Å². The van der Waals surface area contributed by atoms with Gasteiger partial charge in [-0.3, -0.25) is 9.59 Å². The van der Waals surface area contributed by atoms with Crippen molar-refractivity contribution in [3.05, 3.63) is 0 Å². The summed E-state index contributed by atoms with van der Waals surface area (Å²) >= 11 is 0. The van der Waals surface area contributed by atoms with Crippen LogP contribution >= 0.6 is 0 Å². The summed E-state index contributed by atoms with van der Waals surface area (Å²) in [5.74, 6) is -2.86. The third kappa shape index (κ3) is 2.75. The highest BCUT2D eigenvalue weighted by atomic mass is 16.7. The molecule has 2 saturated carbocycles. The van der Waals surface area contributed by atoms with Crippen LogP contribution in [0.2, 0.25) is 0 Å². The zero-order chi connectivity index (χ0) is 15.9. The average Bonchev–Trinajstić information content (AvgIpc) is 3.17. The first-order valence-electron chi connectivity index (χ1n) is 7.69. The van der Waals surface area contributed by atoms with E-state index in [1.807, 2.05) is 0 Å². The number of esters is 2. The second-order valence-corrected chi connectivity index (χ2v) is 6.30. The Hall–Kier alpha value is -1.47. The van der Waals surface area contributed by atoms with Gasteiger partial charge in [-0.25, -0.2) is 4.79 Å². The van der Waals surface area contributed by atoms with E-state index in [1.54, 1.807) is 0 Å². The van der Waals surface area contributed by atoms with Crippen LogP contribution in [0.5, 0.6) is 0 Å². The Balaban J connectivity index is 1.63. The van der Waals surface area contributed by atoms with E-state index < -0.39 is 36.2 Å². The zero-order valence-corrected chi connectivity index (χ0v) is 12.4. The third-order valence-electron chi connectivity index (χ3n) is 4.86. The Bertz CT molecular complexity index is 482. The highest BCUT2D eigenvalue weighted by Crippen LogP contribution is 2.50. The Labute approximate surface area is 127 Å². The molecule has 0 aromatic rings. The van der Waals surface area contributed by atoms with Crippen molar-refractivity contribution in [3.63, 3.8) is 0 Å². The van der Waals surface area contributed by atoms with Crippen molar-refractivity contribution in [2.45, 2.75) is 51.1 Å². The summed E-state index contributed by atoms with van der Waals surface area (Å²) < 4.78 is 15.7. The van der Waals surface area contributed by atoms with Crippen LogP contribution in [0, 0.1) is 17.8 Å². The summed E-state index contributed by atoms with van der Waals surface area (Å²) in [5, 5.41) is 10.1. The lowest BCUT2D eigenvalue weighted by Gasteiger charge is -2.31. The largest absolute Gasteiger partial charge is 0.454 e. The Morgan fingerprint density at radius 3 is 2.55 bits per heavy atom. The van der Waals surface area contributed by atoms with E-state index in [4.69, 9.17) is 14.2 Å². The maximum absolute atomic E-state index is 12.3. The number of Topliss-reactive ketones (excluding diaryl/α,β-unsaturated/α-hetero) is 1. The number of carbonyl (C=O) groups excluding carboxylic acids is 3. The van der Waals surface area contributed by atoms with Crippen molar-refractivity contribution in [2.75, 3.05) is 6.61 Å². The SMILES string of the molecule is CC(=O)C(=O)OC1C(O)C2CC(C(=O)OC3CCCO3)C1C2. The molecule has 1 aliphatic heterocycles. The van der Waals surface area contributed by atoms with E-state index in [0.29, 0.717) is 25.9 Å². The monoisotopic (exact) mass is 312 g/mol. The number of hydrogen-bond acceptors (Lipinski definition) is 7. The number of rotatable bonds is 4. The summed E-state index contributed by atoms with van der Waals surface area (Å²) in [6.07, 6.45) is 0.560. The number of carbonyl (C=O) groups is 3. The lowest BCUT2D eigenvalue weighted by molar-refractivity contribution is -0.183. The second-order valence-electron chi connectivity index (χ2n) is 6.30. The fraction of sp³-hybridized carbons (Fsp3) is 0.800. The molecule has 0 spiro atoms. The van der Waals surface area contributed by atoms with Crippen LogP contribution in [0.25, 0.3) is 0 Å². The molecule has 7 heteroatoms. The molecule has 0 aromatic heterocycles. The van der Waals surface area contributed by atoms with E-state index in [9.17, 15) is 19.5 Å². The smallest absolute Gasteiger partial charge is 0.374 e. The molecule has 22 heavy (non-hydrogen) atoms. The lowest BCUT2D eigenvalue weighted by Crippen LogP contribution is -2.44. The summed E-state index contributed by atoms with van der Waals surface area (Å²) in [4.78, 5) is 34.8. The predicted molar refractivity (Wildman–Crippen MR) is 71.3 cm³/mol. The Kier molecular flexibility index (Phi) is 4.18. The van der Waals surface area contributed by atoms with Crippen molar-refractivity contribution < 1.29 is 33.7 Å². The van der Waals surface area contributed by atoms with Crippen LogP contribution in [0.3, 0.4) is 0 Å². The molecule has 0 amide bonds. The van der Waals surface area contributed by atoms with Gasteiger partial charge in [0.05, 0.1) is 18.6 Å². The molecule has 2 bridgehead atoms. The minimum Gasteiger partial charge on any atom is -0.454 e. The molecule has 6 atom stereocenters. The number of hydrogen-bond donors (Lipinski definition) is 1. The Morgan fingerprint density at radius 2 is 1.95 bits per heavy atom. The van der Waals surface area contributed by atoms with E-state index >= 15 is 0 Å². The van der Waals surface area contributed by atoms with Gasteiger partial charge in [0.2, 0.25) is 12.1 Å². The number of ketones is 1. The zero-order valence-electron chi connectivity index (χ0n) is 12.4. The molecular formula is C15H20O7. The van der Waals surface area contributed by atoms with Gasteiger partial charge in [-0.2, -0.15) is 0 Å². The van der Waals surface area contributed by atoms with Gasteiger partial charge < -0.3 is 19.3 Å². The standard InChI is InChI=1S/C15H20O7/c1-7(16)14(18)22-13-9-5-8(12(13)17)6-10(9)15(19)21-11-3-2-4-20-11/h8-13,17H,2-6H2,1H3. The van der Waals surface area contributed by atoms with Crippen LogP contribution < -0.4 is 0 Å². The summed E-state index contributed by atoms with van der Waals surface area (Å²) in [7, 11) is 0. The highest BCUT2D eigenvalue weighted by molar-refractivity contribution is 6.32. The quantitative estimate of drug-likeness (QED) is 0.584. The first-order chi connectivity index (χ1) is 10.5. The highest BCUT2D eigenvalue weighted by Gasteiger charge is 2.57. The van der Waals surface area contributed by atoms with Gasteiger partial charge in [0.25, 0.3) is 0 Å². The van der Waals surface area contributed by atoms with Crippen molar-refractivity contribution in [2.24, 2.45) is 17.8 Å². The molecule has 1 N–H and O–H groups in total. The van der Waals surface area contributed by atoms with E-state index in [2.05, 4.69) is 0 Å². The van der Waals surface area contributed by atoms with Gasteiger partial charge in [0.15, 0.2) is 0 Å². The molecule has 2 aliphatic carbocycles. The topological polar surface area (TPSA) is 99.1 Å². The minimum absolute atomic E-state index is 0.100. The molecule has 1 heterocycles. The summed E-state index contributed by atoms with van der Waals surface area (Å²) in [6.45, 7) is 1.71. The van der Waals surface area contributed by atoms with Crippen LogP contribution in [0.4, 0.5) is 0 Å². The molecule has 7 nitrogen and oxygen atoms in total. The normalized spacial score (nSPS) is 39.7. The predicted octanol–water partition coefficient (Wildman–Crippen LogP) is 0.184. The molecule has 6 unspecified atom stereocenters. The fourth-order valence-electron chi connectivity index (χ4n) is 3.77. The van der Waals surface area contributed by atoms with Gasteiger partial charge in [0.1, 0.15) is 6.10 Å². The van der Waals surface area contributed by atoms with E-state index in [-0.39, 0.29) is 17.8 Å². The summed E-state index contributed by atoms with van der Waals surface area (Å²) in [6, 6.07) is 0. The van der Waals surface area contributed by atoms with Crippen molar-refractivity contribution in [3.8, 4) is 0 Å².